The lowest BCUT2D eigenvalue weighted by Crippen LogP contribution is -2.34. The molecule has 0 aliphatic carbocycles. The summed E-state index contributed by atoms with van der Waals surface area (Å²) >= 11 is 0. The highest BCUT2D eigenvalue weighted by Gasteiger charge is 2.18. The van der Waals surface area contributed by atoms with Crippen LogP contribution in [0.4, 0.5) is 4.39 Å². The number of carbonyl (C=O) groups is 1. The number of carbonyl (C=O) groups excluding carboxylic acids is 1. The van der Waals surface area contributed by atoms with Crippen molar-refractivity contribution in [2.24, 2.45) is 0 Å². The molecule has 32 heavy (non-hydrogen) atoms. The summed E-state index contributed by atoms with van der Waals surface area (Å²) in [5.41, 5.74) is 1.93. The second-order valence-electron chi connectivity index (χ2n) is 7.58. The summed E-state index contributed by atoms with van der Waals surface area (Å²) in [5.74, 6) is -0.715. The molecule has 0 saturated heterocycles. The highest BCUT2D eigenvalue weighted by molar-refractivity contribution is 7.89. The van der Waals surface area contributed by atoms with E-state index in [0.717, 1.165) is 11.1 Å². The van der Waals surface area contributed by atoms with E-state index in [4.69, 9.17) is 0 Å². The number of hydrogen-bond donors (Lipinski definition) is 2. The normalized spacial score (nSPS) is 12.5. The maximum atomic E-state index is 13.2. The predicted molar refractivity (Wildman–Crippen MR) is 122 cm³/mol. The first-order chi connectivity index (χ1) is 15.3. The number of nitrogens with one attached hydrogen (secondary N) is 2. The molecule has 6 nitrogen and oxygen atoms in total. The smallest absolute Gasteiger partial charge is 0.251 e. The third kappa shape index (κ3) is 6.23. The van der Waals surface area contributed by atoms with Crippen molar-refractivity contribution in [2.75, 3.05) is 20.6 Å². The average molecular weight is 456 g/mol. The Balaban J connectivity index is 1.68. The molecule has 3 aromatic rings. The Hall–Kier alpha value is -3.07. The van der Waals surface area contributed by atoms with E-state index >= 15 is 0 Å². The van der Waals surface area contributed by atoms with Gasteiger partial charge in [0.15, 0.2) is 0 Å². The zero-order valence-corrected chi connectivity index (χ0v) is 18.8. The Morgan fingerprint density at radius 3 is 2.31 bits per heavy atom. The molecule has 0 radical (unpaired) electrons. The Bertz CT molecular complexity index is 1150. The van der Waals surface area contributed by atoms with Gasteiger partial charge in [-0.05, 0) is 55.6 Å². The van der Waals surface area contributed by atoms with Gasteiger partial charge >= 0.3 is 0 Å². The zero-order chi connectivity index (χ0) is 23.1. The standard InChI is InChI=1S/C24H26FN3O3S/c1-28(2)23(19-11-13-21(25)14-12-19)17-26-24(29)20-9-6-10-22(15-20)32(30,31)27-16-18-7-4-3-5-8-18/h3-15,23,27H,16-17H2,1-2H3,(H,26,29). The number of halogens is 1. The van der Waals surface area contributed by atoms with Crippen LogP contribution in [-0.2, 0) is 16.6 Å². The molecule has 0 spiro atoms. The molecule has 2 N–H and O–H groups in total. The predicted octanol–water partition coefficient (Wildman–Crippen LogP) is 3.34. The fourth-order valence-corrected chi connectivity index (χ4v) is 4.30. The summed E-state index contributed by atoms with van der Waals surface area (Å²) in [6, 6.07) is 21.0. The summed E-state index contributed by atoms with van der Waals surface area (Å²) in [4.78, 5) is 14.6. The van der Waals surface area contributed by atoms with Crippen LogP contribution in [0.3, 0.4) is 0 Å². The van der Waals surface area contributed by atoms with Gasteiger partial charge in [0.2, 0.25) is 10.0 Å². The molecule has 8 heteroatoms. The van der Waals surface area contributed by atoms with E-state index in [1.54, 1.807) is 18.2 Å². The van der Waals surface area contributed by atoms with Gasteiger partial charge < -0.3 is 10.2 Å². The second-order valence-corrected chi connectivity index (χ2v) is 9.35. The average Bonchev–Trinajstić information content (AvgIpc) is 2.79. The fraction of sp³-hybridized carbons (Fsp3) is 0.208. The third-order valence-corrected chi connectivity index (χ3v) is 6.45. The molecule has 0 aromatic heterocycles. The molecule has 3 aromatic carbocycles. The van der Waals surface area contributed by atoms with Crippen molar-refractivity contribution in [3.05, 3.63) is 101 Å². The Morgan fingerprint density at radius 2 is 1.66 bits per heavy atom. The van der Waals surface area contributed by atoms with Gasteiger partial charge in [-0.2, -0.15) is 0 Å². The van der Waals surface area contributed by atoms with Crippen molar-refractivity contribution >= 4 is 15.9 Å². The van der Waals surface area contributed by atoms with Crippen LogP contribution in [0.25, 0.3) is 0 Å². The van der Waals surface area contributed by atoms with Gasteiger partial charge in [-0.15, -0.1) is 0 Å². The highest BCUT2D eigenvalue weighted by atomic mass is 32.2. The monoisotopic (exact) mass is 455 g/mol. The first kappa shape index (κ1) is 23.6. The van der Waals surface area contributed by atoms with Gasteiger partial charge in [-0.25, -0.2) is 17.5 Å². The highest BCUT2D eigenvalue weighted by Crippen LogP contribution is 2.18. The zero-order valence-electron chi connectivity index (χ0n) is 18.0. The quantitative estimate of drug-likeness (QED) is 0.519. The number of hydrogen-bond acceptors (Lipinski definition) is 4. The minimum absolute atomic E-state index is 0.0174. The minimum Gasteiger partial charge on any atom is -0.350 e. The number of likely N-dealkylation sites (N-methyl/N-ethyl adjacent to an activating group) is 1. The summed E-state index contributed by atoms with van der Waals surface area (Å²) in [6.07, 6.45) is 0. The molecule has 1 unspecified atom stereocenters. The topological polar surface area (TPSA) is 78.5 Å². The lowest BCUT2D eigenvalue weighted by atomic mass is 10.1. The molecule has 168 valence electrons. The second kappa shape index (κ2) is 10.5. The van der Waals surface area contributed by atoms with Crippen molar-refractivity contribution in [3.63, 3.8) is 0 Å². The Labute approximate surface area is 188 Å². The van der Waals surface area contributed by atoms with E-state index in [1.807, 2.05) is 49.3 Å². The van der Waals surface area contributed by atoms with E-state index in [-0.39, 0.29) is 41.3 Å². The number of sulfonamides is 1. The summed E-state index contributed by atoms with van der Waals surface area (Å²) < 4.78 is 41.1. The van der Waals surface area contributed by atoms with Crippen LogP contribution >= 0.6 is 0 Å². The summed E-state index contributed by atoms with van der Waals surface area (Å²) in [5, 5.41) is 2.84. The molecular weight excluding hydrogens is 429 g/mol. The fourth-order valence-electron chi connectivity index (χ4n) is 3.24. The maximum absolute atomic E-state index is 13.2. The van der Waals surface area contributed by atoms with E-state index in [2.05, 4.69) is 10.0 Å². The van der Waals surface area contributed by atoms with E-state index < -0.39 is 10.0 Å². The first-order valence-corrected chi connectivity index (χ1v) is 11.6. The molecule has 1 atom stereocenters. The Kier molecular flexibility index (Phi) is 7.74. The van der Waals surface area contributed by atoms with Gasteiger partial charge in [-0.1, -0.05) is 48.5 Å². The largest absolute Gasteiger partial charge is 0.350 e. The van der Waals surface area contributed by atoms with E-state index in [9.17, 15) is 17.6 Å². The van der Waals surface area contributed by atoms with Crippen LogP contribution in [-0.4, -0.2) is 39.9 Å². The van der Waals surface area contributed by atoms with Crippen molar-refractivity contribution in [3.8, 4) is 0 Å². The van der Waals surface area contributed by atoms with Crippen LogP contribution in [0.15, 0.2) is 83.8 Å². The number of nitrogens with zero attached hydrogens (tertiary/aromatic N) is 1. The van der Waals surface area contributed by atoms with Crippen LogP contribution in [0.1, 0.15) is 27.5 Å². The molecule has 3 rings (SSSR count). The first-order valence-electron chi connectivity index (χ1n) is 10.1. The van der Waals surface area contributed by atoms with Gasteiger partial charge in [0.1, 0.15) is 5.82 Å². The molecule has 0 aliphatic rings. The lowest BCUT2D eigenvalue weighted by Gasteiger charge is -2.25. The van der Waals surface area contributed by atoms with Crippen LogP contribution in [0.2, 0.25) is 0 Å². The minimum atomic E-state index is -3.78. The van der Waals surface area contributed by atoms with Crippen molar-refractivity contribution < 1.29 is 17.6 Å². The van der Waals surface area contributed by atoms with Gasteiger partial charge in [0, 0.05) is 18.7 Å². The molecule has 1 amide bonds. The number of rotatable bonds is 9. The van der Waals surface area contributed by atoms with Gasteiger partial charge in [0.05, 0.1) is 10.9 Å². The third-order valence-electron chi connectivity index (χ3n) is 5.05. The van der Waals surface area contributed by atoms with Crippen molar-refractivity contribution in [2.45, 2.75) is 17.5 Å². The maximum Gasteiger partial charge on any atom is 0.251 e. The summed E-state index contributed by atoms with van der Waals surface area (Å²) in [7, 11) is -0.0463. The van der Waals surface area contributed by atoms with E-state index in [1.165, 1.54) is 30.3 Å². The van der Waals surface area contributed by atoms with Gasteiger partial charge in [0.25, 0.3) is 5.91 Å². The van der Waals surface area contributed by atoms with Crippen molar-refractivity contribution in [1.82, 2.24) is 14.9 Å². The molecule has 0 bridgehead atoms. The molecule has 0 heterocycles. The lowest BCUT2D eigenvalue weighted by molar-refractivity contribution is 0.0941. The molecule has 0 aliphatic heterocycles. The van der Waals surface area contributed by atoms with Crippen molar-refractivity contribution in [1.29, 1.82) is 0 Å². The molecule has 0 saturated carbocycles. The SMILES string of the molecule is CN(C)C(CNC(=O)c1cccc(S(=O)(=O)NCc2ccccc2)c1)c1ccc(F)cc1. The van der Waals surface area contributed by atoms with E-state index in [0.29, 0.717) is 0 Å². The Morgan fingerprint density at radius 1 is 0.969 bits per heavy atom. The number of benzene rings is 3. The van der Waals surface area contributed by atoms with Crippen LogP contribution in [0.5, 0.6) is 0 Å². The number of amides is 1. The summed E-state index contributed by atoms with van der Waals surface area (Å²) in [6.45, 7) is 0.433. The molecule has 0 fully saturated rings. The van der Waals surface area contributed by atoms with Crippen LogP contribution < -0.4 is 10.0 Å². The van der Waals surface area contributed by atoms with Gasteiger partial charge in [-0.3, -0.25) is 4.79 Å². The van der Waals surface area contributed by atoms with Crippen LogP contribution in [0, 0.1) is 5.82 Å². The molecular formula is C24H26FN3O3S.